The molecule has 0 saturated heterocycles. The Kier molecular flexibility index (Phi) is 3.96. The first-order valence-electron chi connectivity index (χ1n) is 12.0. The summed E-state index contributed by atoms with van der Waals surface area (Å²) in [6, 6.07) is 44.6. The molecule has 0 N–H and O–H groups in total. The van der Waals surface area contributed by atoms with Gasteiger partial charge in [0, 0.05) is 16.7 Å². The Morgan fingerprint density at radius 2 is 0.818 bits per heavy atom. The zero-order valence-corrected chi connectivity index (χ0v) is 18.6. The van der Waals surface area contributed by atoms with Crippen molar-refractivity contribution >= 4 is 11.1 Å². The second-order valence-corrected chi connectivity index (χ2v) is 9.74. The molecule has 0 nitrogen and oxygen atoms in total. The van der Waals surface area contributed by atoms with Crippen LogP contribution < -0.4 is 0 Å². The second kappa shape index (κ2) is 6.93. The predicted molar refractivity (Wildman–Crippen MR) is 137 cm³/mol. The highest BCUT2D eigenvalue weighted by atomic mass is 14.8. The van der Waals surface area contributed by atoms with Crippen molar-refractivity contribution in [3.63, 3.8) is 0 Å². The molecule has 1 saturated carbocycles. The molecule has 3 aliphatic carbocycles. The molecule has 4 aromatic carbocycles. The third-order valence-electron chi connectivity index (χ3n) is 8.41. The molecule has 4 atom stereocenters. The Morgan fingerprint density at radius 1 is 0.455 bits per heavy atom. The number of benzene rings is 4. The van der Waals surface area contributed by atoms with E-state index in [-0.39, 0.29) is 10.8 Å². The highest BCUT2D eigenvalue weighted by Crippen LogP contribution is 2.79. The molecule has 4 aromatic rings. The Labute approximate surface area is 195 Å². The standard InChI is InChI=1S/C33H26/c1-5-13-24(14-6-1)29-22-32(26-17-9-3-10-18-26)31-21-28(29)30(25-15-7-2-8-16-25)23-33(31,32)27-19-11-4-12-20-27/h1-20,22-23,28,31H,21H2/t28?,31?,32-,33?/m0/s1. The quantitative estimate of drug-likeness (QED) is 0.316. The van der Waals surface area contributed by atoms with E-state index >= 15 is 0 Å². The molecule has 2 bridgehead atoms. The summed E-state index contributed by atoms with van der Waals surface area (Å²) in [5.74, 6) is 1.01. The molecule has 0 radical (unpaired) electrons. The molecule has 1 fully saturated rings. The average molecular weight is 423 g/mol. The van der Waals surface area contributed by atoms with E-state index < -0.39 is 0 Å². The largest absolute Gasteiger partial charge is 0.0680 e. The second-order valence-electron chi connectivity index (χ2n) is 9.74. The molecule has 3 aliphatic rings. The van der Waals surface area contributed by atoms with Crippen LogP contribution in [0, 0.1) is 11.8 Å². The van der Waals surface area contributed by atoms with Crippen molar-refractivity contribution in [1.29, 1.82) is 0 Å². The fourth-order valence-corrected chi connectivity index (χ4v) is 7.07. The number of rotatable bonds is 4. The Morgan fingerprint density at radius 3 is 1.21 bits per heavy atom. The van der Waals surface area contributed by atoms with Gasteiger partial charge in [0.05, 0.1) is 0 Å². The average Bonchev–Trinajstić information content (AvgIpc) is 3.56. The van der Waals surface area contributed by atoms with Gasteiger partial charge in [0.2, 0.25) is 0 Å². The summed E-state index contributed by atoms with van der Waals surface area (Å²) in [6.07, 6.45) is 6.51. The van der Waals surface area contributed by atoms with E-state index in [1.807, 2.05) is 0 Å². The lowest BCUT2D eigenvalue weighted by Gasteiger charge is -2.31. The van der Waals surface area contributed by atoms with Crippen LogP contribution in [-0.4, -0.2) is 0 Å². The van der Waals surface area contributed by atoms with Crippen LogP contribution in [0.1, 0.15) is 28.7 Å². The maximum atomic E-state index is 2.66. The van der Waals surface area contributed by atoms with Crippen molar-refractivity contribution in [2.75, 3.05) is 0 Å². The van der Waals surface area contributed by atoms with Crippen molar-refractivity contribution in [1.82, 2.24) is 0 Å². The molecule has 0 spiro atoms. The summed E-state index contributed by atoms with van der Waals surface area (Å²) in [6.45, 7) is 0. The molecule has 0 aliphatic heterocycles. The predicted octanol–water partition coefficient (Wildman–Crippen LogP) is 7.69. The van der Waals surface area contributed by atoms with Crippen molar-refractivity contribution < 1.29 is 0 Å². The van der Waals surface area contributed by atoms with Crippen LogP contribution in [0.4, 0.5) is 0 Å². The van der Waals surface area contributed by atoms with Crippen LogP contribution >= 0.6 is 0 Å². The molecule has 0 heterocycles. The van der Waals surface area contributed by atoms with E-state index in [0.29, 0.717) is 11.8 Å². The smallest absolute Gasteiger partial charge is 0.0313 e. The van der Waals surface area contributed by atoms with Gasteiger partial charge in [0.1, 0.15) is 0 Å². The first-order chi connectivity index (χ1) is 16.3. The Bertz CT molecular complexity index is 1260. The monoisotopic (exact) mass is 422 g/mol. The van der Waals surface area contributed by atoms with E-state index in [0.717, 1.165) is 0 Å². The summed E-state index contributed by atoms with van der Waals surface area (Å²) >= 11 is 0. The zero-order valence-electron chi connectivity index (χ0n) is 18.6. The number of fused-ring (bicyclic) bond motifs is 2. The van der Waals surface area contributed by atoms with Crippen LogP contribution in [-0.2, 0) is 10.8 Å². The topological polar surface area (TPSA) is 0 Å². The minimum Gasteiger partial charge on any atom is -0.0680 e. The Hall–Kier alpha value is -3.64. The molecule has 3 unspecified atom stereocenters. The van der Waals surface area contributed by atoms with Gasteiger partial charge in [-0.3, -0.25) is 0 Å². The van der Waals surface area contributed by atoms with E-state index in [4.69, 9.17) is 0 Å². The molecule has 33 heavy (non-hydrogen) atoms. The third-order valence-corrected chi connectivity index (χ3v) is 8.41. The summed E-state index contributed by atoms with van der Waals surface area (Å²) < 4.78 is 0. The van der Waals surface area contributed by atoms with Gasteiger partial charge in [0.25, 0.3) is 0 Å². The molecule has 0 amide bonds. The molecule has 7 rings (SSSR count). The van der Waals surface area contributed by atoms with Gasteiger partial charge >= 0.3 is 0 Å². The lowest BCUT2D eigenvalue weighted by molar-refractivity contribution is 0.560. The molecular weight excluding hydrogens is 396 g/mol. The maximum Gasteiger partial charge on any atom is 0.0313 e. The van der Waals surface area contributed by atoms with E-state index in [2.05, 4.69) is 133 Å². The van der Waals surface area contributed by atoms with Crippen LogP contribution in [0.3, 0.4) is 0 Å². The number of hydrogen-bond donors (Lipinski definition) is 0. The van der Waals surface area contributed by atoms with Crippen molar-refractivity contribution in [3.8, 4) is 0 Å². The van der Waals surface area contributed by atoms with Gasteiger partial charge < -0.3 is 0 Å². The van der Waals surface area contributed by atoms with Crippen LogP contribution in [0.2, 0.25) is 0 Å². The van der Waals surface area contributed by atoms with E-state index in [9.17, 15) is 0 Å². The fourth-order valence-electron chi connectivity index (χ4n) is 7.07. The SMILES string of the molecule is C1=C(c2ccccc2)C2CC3C1(c1ccccc1)[C@]3(c1ccccc1)C=C2c1ccccc1. The van der Waals surface area contributed by atoms with E-state index in [1.54, 1.807) is 0 Å². The molecule has 158 valence electrons. The third kappa shape index (κ3) is 2.47. The van der Waals surface area contributed by atoms with Crippen LogP contribution in [0.25, 0.3) is 11.1 Å². The Balaban J connectivity index is 1.56. The van der Waals surface area contributed by atoms with Crippen LogP contribution in [0.15, 0.2) is 133 Å². The van der Waals surface area contributed by atoms with Gasteiger partial charge in [-0.15, -0.1) is 0 Å². The normalized spacial score (nSPS) is 29.1. The highest BCUT2D eigenvalue weighted by Gasteiger charge is 2.78. The van der Waals surface area contributed by atoms with Gasteiger partial charge in [0.15, 0.2) is 0 Å². The lowest BCUT2D eigenvalue weighted by atomic mass is 9.72. The summed E-state index contributed by atoms with van der Waals surface area (Å²) in [4.78, 5) is 0. The summed E-state index contributed by atoms with van der Waals surface area (Å²) in [5, 5.41) is 0. The van der Waals surface area contributed by atoms with Gasteiger partial charge in [-0.1, -0.05) is 133 Å². The maximum absolute atomic E-state index is 2.66. The van der Waals surface area contributed by atoms with Crippen molar-refractivity contribution in [2.24, 2.45) is 11.8 Å². The highest BCUT2D eigenvalue weighted by molar-refractivity contribution is 5.91. The minimum absolute atomic E-state index is 0.00613. The lowest BCUT2D eigenvalue weighted by Crippen LogP contribution is -2.19. The summed E-state index contributed by atoms with van der Waals surface area (Å²) in [5.41, 5.74) is 8.55. The van der Waals surface area contributed by atoms with Crippen molar-refractivity contribution in [3.05, 3.63) is 156 Å². The van der Waals surface area contributed by atoms with Crippen molar-refractivity contribution in [2.45, 2.75) is 17.3 Å². The number of hydrogen-bond acceptors (Lipinski definition) is 0. The molecule has 0 aromatic heterocycles. The number of allylic oxidation sites excluding steroid dienone is 4. The van der Waals surface area contributed by atoms with Gasteiger partial charge in [-0.05, 0) is 45.7 Å². The summed E-state index contributed by atoms with van der Waals surface area (Å²) in [7, 11) is 0. The molecule has 0 heteroatoms. The van der Waals surface area contributed by atoms with Crippen LogP contribution in [0.5, 0.6) is 0 Å². The van der Waals surface area contributed by atoms with Gasteiger partial charge in [-0.2, -0.15) is 0 Å². The first-order valence-corrected chi connectivity index (χ1v) is 12.0. The van der Waals surface area contributed by atoms with E-state index in [1.165, 1.54) is 39.8 Å². The van der Waals surface area contributed by atoms with Gasteiger partial charge in [-0.25, -0.2) is 0 Å². The molecular formula is C33H26. The fraction of sp³-hybridized carbons (Fsp3) is 0.152. The first kappa shape index (κ1) is 18.9. The zero-order chi connectivity index (χ0) is 21.9. The minimum atomic E-state index is -0.00613.